The number of benzene rings is 1. The van der Waals surface area contributed by atoms with E-state index in [9.17, 15) is 4.79 Å². The summed E-state index contributed by atoms with van der Waals surface area (Å²) in [6.07, 6.45) is 4.60. The maximum atomic E-state index is 12.3. The molecule has 92 valence electrons. The standard InChI is InChI=1S/C16H22O/c1-16(2,3)14-10-6-9-13(11-14)15(17)12-7-4-5-8-12/h6,9-12H,4-5,7-8H2,1-3H3. The fraction of sp³-hybridized carbons (Fsp3) is 0.562. The molecule has 0 N–H and O–H groups in total. The molecule has 0 radical (unpaired) electrons. The van der Waals surface area contributed by atoms with Crippen molar-refractivity contribution < 1.29 is 4.79 Å². The van der Waals surface area contributed by atoms with Crippen LogP contribution in [0.4, 0.5) is 0 Å². The fourth-order valence-corrected chi connectivity index (χ4v) is 2.56. The quantitative estimate of drug-likeness (QED) is 0.690. The summed E-state index contributed by atoms with van der Waals surface area (Å²) in [4.78, 5) is 12.3. The van der Waals surface area contributed by atoms with Crippen molar-refractivity contribution in [3.8, 4) is 0 Å². The van der Waals surface area contributed by atoms with E-state index in [1.54, 1.807) is 0 Å². The highest BCUT2D eigenvalue weighted by atomic mass is 16.1. The van der Waals surface area contributed by atoms with Crippen LogP contribution in [0.5, 0.6) is 0 Å². The highest BCUT2D eigenvalue weighted by Crippen LogP contribution is 2.29. The van der Waals surface area contributed by atoms with Gasteiger partial charge in [-0.3, -0.25) is 4.79 Å². The summed E-state index contributed by atoms with van der Waals surface area (Å²) in [5.74, 6) is 0.638. The summed E-state index contributed by atoms with van der Waals surface area (Å²) in [6.45, 7) is 6.56. The van der Waals surface area contributed by atoms with Gasteiger partial charge in [-0.05, 0) is 29.9 Å². The van der Waals surface area contributed by atoms with Gasteiger partial charge >= 0.3 is 0 Å². The molecule has 0 heterocycles. The summed E-state index contributed by atoms with van der Waals surface area (Å²) in [7, 11) is 0. The van der Waals surface area contributed by atoms with E-state index in [-0.39, 0.29) is 11.3 Å². The lowest BCUT2D eigenvalue weighted by molar-refractivity contribution is 0.0922. The third kappa shape index (κ3) is 2.77. The van der Waals surface area contributed by atoms with Gasteiger partial charge in [-0.15, -0.1) is 0 Å². The Morgan fingerprint density at radius 3 is 2.41 bits per heavy atom. The molecule has 1 nitrogen and oxygen atoms in total. The molecule has 0 bridgehead atoms. The van der Waals surface area contributed by atoms with Gasteiger partial charge in [-0.25, -0.2) is 0 Å². The molecule has 1 aliphatic carbocycles. The van der Waals surface area contributed by atoms with Gasteiger partial charge in [0.25, 0.3) is 0 Å². The van der Waals surface area contributed by atoms with Gasteiger partial charge in [-0.1, -0.05) is 51.8 Å². The van der Waals surface area contributed by atoms with Crippen LogP contribution in [-0.2, 0) is 5.41 Å². The molecule has 0 aliphatic heterocycles. The van der Waals surface area contributed by atoms with Crippen LogP contribution in [0.1, 0.15) is 62.4 Å². The lowest BCUT2D eigenvalue weighted by atomic mass is 9.85. The van der Waals surface area contributed by atoms with Gasteiger partial charge in [0.1, 0.15) is 0 Å². The Labute approximate surface area is 104 Å². The molecule has 1 heteroatoms. The monoisotopic (exact) mass is 230 g/mol. The lowest BCUT2D eigenvalue weighted by Gasteiger charge is -2.20. The Hall–Kier alpha value is -1.11. The maximum Gasteiger partial charge on any atom is 0.165 e. The first-order valence-corrected chi connectivity index (χ1v) is 6.63. The number of carbonyl (C=O) groups is 1. The molecule has 1 fully saturated rings. The Bertz CT molecular complexity index is 406. The molecular formula is C16H22O. The largest absolute Gasteiger partial charge is 0.294 e. The van der Waals surface area contributed by atoms with E-state index in [0.29, 0.717) is 5.78 Å². The summed E-state index contributed by atoms with van der Waals surface area (Å²) in [5, 5.41) is 0. The number of carbonyl (C=O) groups excluding carboxylic acids is 1. The fourth-order valence-electron chi connectivity index (χ4n) is 2.56. The average molecular weight is 230 g/mol. The highest BCUT2D eigenvalue weighted by Gasteiger charge is 2.24. The van der Waals surface area contributed by atoms with Crippen molar-refractivity contribution in [2.75, 3.05) is 0 Å². The van der Waals surface area contributed by atoms with Gasteiger partial charge < -0.3 is 0 Å². The van der Waals surface area contributed by atoms with Crippen molar-refractivity contribution in [3.63, 3.8) is 0 Å². The van der Waals surface area contributed by atoms with Gasteiger partial charge in [0.2, 0.25) is 0 Å². The van der Waals surface area contributed by atoms with Crippen LogP contribution >= 0.6 is 0 Å². The zero-order valence-corrected chi connectivity index (χ0v) is 11.1. The van der Waals surface area contributed by atoms with E-state index >= 15 is 0 Å². The number of rotatable bonds is 2. The SMILES string of the molecule is CC(C)(C)c1cccc(C(=O)C2CCCC2)c1. The van der Waals surface area contributed by atoms with E-state index in [1.807, 2.05) is 12.1 Å². The Morgan fingerprint density at radius 2 is 1.82 bits per heavy atom. The molecular weight excluding hydrogens is 208 g/mol. The first-order chi connectivity index (χ1) is 7.98. The van der Waals surface area contributed by atoms with Crippen LogP contribution < -0.4 is 0 Å². The van der Waals surface area contributed by atoms with Crippen molar-refractivity contribution in [3.05, 3.63) is 35.4 Å². The average Bonchev–Trinajstić information content (AvgIpc) is 2.80. The van der Waals surface area contributed by atoms with E-state index in [0.717, 1.165) is 18.4 Å². The number of Topliss-reactive ketones (excluding diaryl/α,β-unsaturated/α-hetero) is 1. The van der Waals surface area contributed by atoms with E-state index in [1.165, 1.54) is 18.4 Å². The molecule has 0 unspecified atom stereocenters. The second-order valence-corrected chi connectivity index (χ2v) is 6.18. The second-order valence-electron chi connectivity index (χ2n) is 6.18. The van der Waals surface area contributed by atoms with Crippen LogP contribution in [0.3, 0.4) is 0 Å². The molecule has 1 saturated carbocycles. The molecule has 0 aromatic heterocycles. The minimum atomic E-state index is 0.117. The smallest absolute Gasteiger partial charge is 0.165 e. The molecule has 0 spiro atoms. The summed E-state index contributed by atoms with van der Waals surface area (Å²) >= 11 is 0. The van der Waals surface area contributed by atoms with Crippen LogP contribution in [0.25, 0.3) is 0 Å². The van der Waals surface area contributed by atoms with Crippen LogP contribution in [-0.4, -0.2) is 5.78 Å². The lowest BCUT2D eigenvalue weighted by Crippen LogP contribution is -2.15. The second kappa shape index (κ2) is 4.64. The van der Waals surface area contributed by atoms with Crippen LogP contribution in [0.15, 0.2) is 24.3 Å². The molecule has 1 aromatic rings. The van der Waals surface area contributed by atoms with E-state index < -0.39 is 0 Å². The summed E-state index contributed by atoms with van der Waals surface area (Å²) in [6, 6.07) is 8.19. The topological polar surface area (TPSA) is 17.1 Å². The van der Waals surface area contributed by atoms with Crippen molar-refractivity contribution in [1.82, 2.24) is 0 Å². The third-order valence-electron chi connectivity index (χ3n) is 3.74. The number of hydrogen-bond donors (Lipinski definition) is 0. The van der Waals surface area contributed by atoms with Crippen molar-refractivity contribution >= 4 is 5.78 Å². The predicted octanol–water partition coefficient (Wildman–Crippen LogP) is 4.36. The first-order valence-electron chi connectivity index (χ1n) is 6.63. The zero-order valence-electron chi connectivity index (χ0n) is 11.1. The minimum absolute atomic E-state index is 0.117. The van der Waals surface area contributed by atoms with Crippen molar-refractivity contribution in [2.45, 2.75) is 51.9 Å². The van der Waals surface area contributed by atoms with Crippen LogP contribution in [0, 0.1) is 5.92 Å². The van der Waals surface area contributed by atoms with Gasteiger partial charge in [0.05, 0.1) is 0 Å². The Balaban J connectivity index is 2.24. The molecule has 2 rings (SSSR count). The van der Waals surface area contributed by atoms with E-state index in [2.05, 4.69) is 32.9 Å². The number of ketones is 1. The summed E-state index contributed by atoms with van der Waals surface area (Å²) < 4.78 is 0. The Morgan fingerprint density at radius 1 is 1.18 bits per heavy atom. The molecule has 17 heavy (non-hydrogen) atoms. The maximum absolute atomic E-state index is 12.3. The summed E-state index contributed by atoms with van der Waals surface area (Å²) in [5.41, 5.74) is 2.28. The van der Waals surface area contributed by atoms with Crippen LogP contribution in [0.2, 0.25) is 0 Å². The molecule has 1 aromatic carbocycles. The highest BCUT2D eigenvalue weighted by molar-refractivity contribution is 5.98. The third-order valence-corrected chi connectivity index (χ3v) is 3.74. The number of hydrogen-bond acceptors (Lipinski definition) is 1. The van der Waals surface area contributed by atoms with Gasteiger partial charge in [-0.2, -0.15) is 0 Å². The molecule has 0 saturated heterocycles. The normalized spacial score (nSPS) is 17.4. The zero-order chi connectivity index (χ0) is 12.5. The van der Waals surface area contributed by atoms with Gasteiger partial charge in [0.15, 0.2) is 5.78 Å². The first kappa shape index (κ1) is 12.3. The Kier molecular flexibility index (Phi) is 3.37. The van der Waals surface area contributed by atoms with Crippen molar-refractivity contribution in [2.24, 2.45) is 5.92 Å². The minimum Gasteiger partial charge on any atom is -0.294 e. The van der Waals surface area contributed by atoms with Gasteiger partial charge in [0, 0.05) is 11.5 Å². The molecule has 0 amide bonds. The molecule has 0 atom stereocenters. The van der Waals surface area contributed by atoms with E-state index in [4.69, 9.17) is 0 Å². The predicted molar refractivity (Wildman–Crippen MR) is 71.4 cm³/mol. The molecule has 1 aliphatic rings. The van der Waals surface area contributed by atoms with Crippen molar-refractivity contribution in [1.29, 1.82) is 0 Å².